The average molecular weight is 323 g/mol. The Morgan fingerprint density at radius 2 is 2.18 bits per heavy atom. The summed E-state index contributed by atoms with van der Waals surface area (Å²) >= 11 is 6.01. The molecule has 1 N–H and O–H groups in total. The molecule has 0 saturated heterocycles. The van der Waals surface area contributed by atoms with E-state index in [2.05, 4.69) is 10.3 Å². The van der Waals surface area contributed by atoms with E-state index in [1.54, 1.807) is 21.7 Å². The molecular formula is C15H19ClN4O2. The van der Waals surface area contributed by atoms with Crippen molar-refractivity contribution in [1.29, 1.82) is 0 Å². The standard InChI is InChI=1S/C15H19ClN4O2/c1-3-13-14(15(22)19(4-2)8-9-21)17-18-20(13)12-7-5-6-11(16)10-12/h5-7,10,21H,3-4,8-9H2,1-2H3. The zero-order valence-corrected chi connectivity index (χ0v) is 13.4. The highest BCUT2D eigenvalue weighted by Gasteiger charge is 2.23. The Bertz CT molecular complexity index is 657. The van der Waals surface area contributed by atoms with Gasteiger partial charge in [-0.25, -0.2) is 4.68 Å². The SMILES string of the molecule is CCc1c(C(=O)N(CC)CCO)nnn1-c1cccc(Cl)c1. The summed E-state index contributed by atoms with van der Waals surface area (Å²) in [6.07, 6.45) is 0.608. The zero-order valence-electron chi connectivity index (χ0n) is 12.7. The maximum absolute atomic E-state index is 12.5. The number of hydrogen-bond donors (Lipinski definition) is 1. The highest BCUT2D eigenvalue weighted by Crippen LogP contribution is 2.18. The fourth-order valence-corrected chi connectivity index (χ4v) is 2.46. The van der Waals surface area contributed by atoms with Crippen LogP contribution in [0.1, 0.15) is 30.0 Å². The first-order chi connectivity index (χ1) is 10.6. The summed E-state index contributed by atoms with van der Waals surface area (Å²) in [6.45, 7) is 4.51. The molecule has 6 nitrogen and oxygen atoms in total. The molecule has 1 aromatic heterocycles. The fraction of sp³-hybridized carbons (Fsp3) is 0.400. The van der Waals surface area contributed by atoms with Crippen molar-refractivity contribution in [3.8, 4) is 5.69 Å². The smallest absolute Gasteiger partial charge is 0.276 e. The molecule has 7 heteroatoms. The van der Waals surface area contributed by atoms with Crippen molar-refractivity contribution in [2.45, 2.75) is 20.3 Å². The lowest BCUT2D eigenvalue weighted by atomic mass is 10.2. The van der Waals surface area contributed by atoms with Gasteiger partial charge < -0.3 is 10.0 Å². The molecule has 22 heavy (non-hydrogen) atoms. The number of benzene rings is 1. The van der Waals surface area contributed by atoms with E-state index in [4.69, 9.17) is 16.7 Å². The van der Waals surface area contributed by atoms with Gasteiger partial charge in [-0.15, -0.1) is 5.10 Å². The van der Waals surface area contributed by atoms with Crippen LogP contribution in [0.3, 0.4) is 0 Å². The van der Waals surface area contributed by atoms with Crippen LogP contribution < -0.4 is 0 Å². The van der Waals surface area contributed by atoms with E-state index < -0.39 is 0 Å². The van der Waals surface area contributed by atoms with Crippen LogP contribution in [0.2, 0.25) is 5.02 Å². The molecular weight excluding hydrogens is 304 g/mol. The van der Waals surface area contributed by atoms with Crippen molar-refractivity contribution in [2.24, 2.45) is 0 Å². The van der Waals surface area contributed by atoms with Gasteiger partial charge in [0.05, 0.1) is 18.0 Å². The Kier molecular flexibility index (Phi) is 5.51. The Hall–Kier alpha value is -1.92. The third kappa shape index (κ3) is 3.28. The van der Waals surface area contributed by atoms with Crippen molar-refractivity contribution in [2.75, 3.05) is 19.7 Å². The van der Waals surface area contributed by atoms with Gasteiger partial charge in [0.1, 0.15) is 0 Å². The average Bonchev–Trinajstić information content (AvgIpc) is 2.95. The number of nitrogens with zero attached hydrogens (tertiary/aromatic N) is 4. The molecule has 0 aliphatic carbocycles. The van der Waals surface area contributed by atoms with Gasteiger partial charge in [-0.05, 0) is 31.5 Å². The van der Waals surface area contributed by atoms with E-state index in [0.29, 0.717) is 23.7 Å². The van der Waals surface area contributed by atoms with Crippen molar-refractivity contribution in [3.05, 3.63) is 40.7 Å². The van der Waals surface area contributed by atoms with Crippen molar-refractivity contribution >= 4 is 17.5 Å². The van der Waals surface area contributed by atoms with E-state index in [-0.39, 0.29) is 19.1 Å². The number of amides is 1. The Morgan fingerprint density at radius 3 is 2.77 bits per heavy atom. The molecule has 2 aromatic rings. The first-order valence-electron chi connectivity index (χ1n) is 7.23. The van der Waals surface area contributed by atoms with E-state index in [1.165, 1.54) is 0 Å². The third-order valence-corrected chi connectivity index (χ3v) is 3.63. The van der Waals surface area contributed by atoms with Crippen LogP contribution in [0.5, 0.6) is 0 Å². The van der Waals surface area contributed by atoms with Gasteiger partial charge in [0.2, 0.25) is 0 Å². The number of halogens is 1. The topological polar surface area (TPSA) is 71.2 Å². The normalized spacial score (nSPS) is 10.7. The quantitative estimate of drug-likeness (QED) is 0.882. The summed E-state index contributed by atoms with van der Waals surface area (Å²) in [5.41, 5.74) is 1.81. The summed E-state index contributed by atoms with van der Waals surface area (Å²) < 4.78 is 1.63. The van der Waals surface area contributed by atoms with Crippen LogP contribution in [0.15, 0.2) is 24.3 Å². The van der Waals surface area contributed by atoms with Crippen molar-refractivity contribution in [1.82, 2.24) is 19.9 Å². The lowest BCUT2D eigenvalue weighted by Crippen LogP contribution is -2.34. The molecule has 0 fully saturated rings. The number of carbonyl (C=O) groups excluding carboxylic acids is 1. The number of likely N-dealkylation sites (N-methyl/N-ethyl adjacent to an activating group) is 1. The summed E-state index contributed by atoms with van der Waals surface area (Å²) in [7, 11) is 0. The molecule has 0 aliphatic rings. The van der Waals surface area contributed by atoms with Crippen LogP contribution in [-0.4, -0.2) is 50.6 Å². The molecule has 118 valence electrons. The first-order valence-corrected chi connectivity index (χ1v) is 7.60. The number of aliphatic hydroxyl groups excluding tert-OH is 1. The predicted octanol–water partition coefficient (Wildman–Crippen LogP) is 1.94. The monoisotopic (exact) mass is 322 g/mol. The van der Waals surface area contributed by atoms with E-state index >= 15 is 0 Å². The lowest BCUT2D eigenvalue weighted by Gasteiger charge is -2.18. The molecule has 1 aromatic carbocycles. The van der Waals surface area contributed by atoms with Gasteiger partial charge >= 0.3 is 0 Å². The molecule has 1 heterocycles. The van der Waals surface area contributed by atoms with Crippen LogP contribution in [0.4, 0.5) is 0 Å². The highest BCUT2D eigenvalue weighted by atomic mass is 35.5. The highest BCUT2D eigenvalue weighted by molar-refractivity contribution is 6.30. The molecule has 1 amide bonds. The molecule has 0 spiro atoms. The molecule has 0 radical (unpaired) electrons. The lowest BCUT2D eigenvalue weighted by molar-refractivity contribution is 0.0725. The summed E-state index contributed by atoms with van der Waals surface area (Å²) in [4.78, 5) is 14.1. The Labute approximate surface area is 134 Å². The molecule has 2 rings (SSSR count). The second-order valence-corrected chi connectivity index (χ2v) is 5.17. The predicted molar refractivity (Wildman–Crippen MR) is 84.4 cm³/mol. The van der Waals surface area contributed by atoms with Gasteiger partial charge in [0, 0.05) is 18.1 Å². The molecule has 0 atom stereocenters. The van der Waals surface area contributed by atoms with Crippen LogP contribution in [-0.2, 0) is 6.42 Å². The first kappa shape index (κ1) is 16.5. The second kappa shape index (κ2) is 7.38. The third-order valence-electron chi connectivity index (χ3n) is 3.39. The summed E-state index contributed by atoms with van der Waals surface area (Å²) in [5, 5.41) is 17.8. The molecule has 0 aliphatic heterocycles. The van der Waals surface area contributed by atoms with Crippen LogP contribution in [0, 0.1) is 0 Å². The van der Waals surface area contributed by atoms with E-state index in [0.717, 1.165) is 11.4 Å². The number of rotatable bonds is 6. The minimum atomic E-state index is -0.221. The number of hydrogen-bond acceptors (Lipinski definition) is 4. The largest absolute Gasteiger partial charge is 0.395 e. The van der Waals surface area contributed by atoms with E-state index in [1.807, 2.05) is 26.0 Å². The van der Waals surface area contributed by atoms with Crippen LogP contribution >= 0.6 is 11.6 Å². The number of aromatic nitrogens is 3. The van der Waals surface area contributed by atoms with Crippen molar-refractivity contribution < 1.29 is 9.90 Å². The minimum absolute atomic E-state index is 0.0799. The van der Waals surface area contributed by atoms with Gasteiger partial charge in [0.15, 0.2) is 5.69 Å². The molecule has 0 unspecified atom stereocenters. The van der Waals surface area contributed by atoms with Gasteiger partial charge in [-0.3, -0.25) is 4.79 Å². The maximum Gasteiger partial charge on any atom is 0.276 e. The summed E-state index contributed by atoms with van der Waals surface area (Å²) in [6, 6.07) is 7.23. The summed E-state index contributed by atoms with van der Waals surface area (Å²) in [5.74, 6) is -0.221. The van der Waals surface area contributed by atoms with Gasteiger partial charge in [0.25, 0.3) is 5.91 Å². The Balaban J connectivity index is 2.41. The van der Waals surface area contributed by atoms with Gasteiger partial charge in [-0.1, -0.05) is 29.8 Å². The zero-order chi connectivity index (χ0) is 16.1. The Morgan fingerprint density at radius 1 is 1.41 bits per heavy atom. The number of aliphatic hydroxyl groups is 1. The van der Waals surface area contributed by atoms with Gasteiger partial charge in [-0.2, -0.15) is 0 Å². The van der Waals surface area contributed by atoms with Crippen LogP contribution in [0.25, 0.3) is 5.69 Å². The second-order valence-electron chi connectivity index (χ2n) is 4.74. The molecule has 0 saturated carbocycles. The maximum atomic E-state index is 12.5. The van der Waals surface area contributed by atoms with Crippen molar-refractivity contribution in [3.63, 3.8) is 0 Å². The minimum Gasteiger partial charge on any atom is -0.395 e. The fourth-order valence-electron chi connectivity index (χ4n) is 2.27. The van der Waals surface area contributed by atoms with E-state index in [9.17, 15) is 4.79 Å². The molecule has 0 bridgehead atoms. The number of carbonyl (C=O) groups is 1.